The van der Waals surface area contributed by atoms with Gasteiger partial charge in [0.1, 0.15) is 5.60 Å². The van der Waals surface area contributed by atoms with Crippen LogP contribution in [0.2, 0.25) is 0 Å². The van der Waals surface area contributed by atoms with Gasteiger partial charge in [-0.15, -0.1) is 24.8 Å². The van der Waals surface area contributed by atoms with E-state index in [4.69, 9.17) is 19.9 Å². The third-order valence-corrected chi connectivity index (χ3v) is 8.50. The summed E-state index contributed by atoms with van der Waals surface area (Å²) in [5, 5.41) is 15.0. The van der Waals surface area contributed by atoms with Crippen LogP contribution >= 0.6 is 24.8 Å². The third-order valence-electron chi connectivity index (χ3n) is 8.50. The minimum absolute atomic E-state index is 0. The van der Waals surface area contributed by atoms with E-state index in [1.165, 1.54) is 7.11 Å². The number of benzene rings is 2. The number of piperazine rings is 1. The number of carbonyl (C=O) groups excluding carboxylic acids is 2. The number of nitrogens with two attached hydrogens (primary N) is 1. The largest absolute Gasteiger partial charge is 0.493 e. The summed E-state index contributed by atoms with van der Waals surface area (Å²) in [6.45, 7) is 2.35. The molecule has 45 heavy (non-hydrogen) atoms. The minimum Gasteiger partial charge on any atom is -0.493 e. The highest BCUT2D eigenvalue weighted by atomic mass is 35.5. The van der Waals surface area contributed by atoms with Crippen molar-refractivity contribution < 1.29 is 28.9 Å². The molecule has 4 N–H and O–H groups in total. The topological polar surface area (TPSA) is 141 Å². The van der Waals surface area contributed by atoms with E-state index in [9.17, 15) is 14.7 Å². The molecule has 2 amide bonds. The first-order valence-electron chi connectivity index (χ1n) is 14.8. The molecule has 0 radical (unpaired) electrons. The first kappa shape index (κ1) is 36.1. The molecule has 0 bridgehead atoms. The van der Waals surface area contributed by atoms with E-state index >= 15 is 0 Å². The number of rotatable bonds is 11. The smallest absolute Gasteiger partial charge is 0.275 e. The van der Waals surface area contributed by atoms with Crippen molar-refractivity contribution in [2.45, 2.75) is 49.8 Å². The summed E-state index contributed by atoms with van der Waals surface area (Å²) in [5.74, 6) is 0.213. The SMILES string of the molecule is COC[C@]1(O)CCCC[C@H]1n1cnc(C(=O)N2CCNC[C@H]2CCOc2ccc(C(N)=O)cc2OC)c1-c1ccccc1.Cl.Cl. The van der Waals surface area contributed by atoms with Crippen LogP contribution in [0.1, 0.15) is 59.0 Å². The predicted octanol–water partition coefficient (Wildman–Crippen LogP) is 3.88. The summed E-state index contributed by atoms with van der Waals surface area (Å²) >= 11 is 0. The summed E-state index contributed by atoms with van der Waals surface area (Å²) in [6.07, 6.45) is 5.55. The molecule has 2 aromatic carbocycles. The van der Waals surface area contributed by atoms with Crippen LogP contribution in [0.15, 0.2) is 54.9 Å². The van der Waals surface area contributed by atoms with Crippen molar-refractivity contribution in [2.24, 2.45) is 5.73 Å². The van der Waals surface area contributed by atoms with Crippen LogP contribution < -0.4 is 20.5 Å². The van der Waals surface area contributed by atoms with E-state index < -0.39 is 11.5 Å². The lowest BCUT2D eigenvalue weighted by Gasteiger charge is -2.41. The molecule has 0 spiro atoms. The summed E-state index contributed by atoms with van der Waals surface area (Å²) in [4.78, 5) is 32.4. The maximum absolute atomic E-state index is 14.3. The van der Waals surface area contributed by atoms with Crippen molar-refractivity contribution in [3.8, 4) is 22.8 Å². The summed E-state index contributed by atoms with van der Waals surface area (Å²) in [6, 6.07) is 14.2. The van der Waals surface area contributed by atoms with Gasteiger partial charge in [-0.25, -0.2) is 4.98 Å². The number of halogens is 2. The summed E-state index contributed by atoms with van der Waals surface area (Å²) in [5.41, 5.74) is 6.62. The Morgan fingerprint density at radius 1 is 1.11 bits per heavy atom. The van der Waals surface area contributed by atoms with Gasteiger partial charge in [0, 0.05) is 50.3 Å². The molecule has 2 aliphatic rings. The number of hydrogen-bond donors (Lipinski definition) is 3. The molecule has 13 heteroatoms. The monoisotopic (exact) mass is 663 g/mol. The van der Waals surface area contributed by atoms with Crippen molar-refractivity contribution in [1.82, 2.24) is 19.8 Å². The van der Waals surface area contributed by atoms with Gasteiger partial charge < -0.3 is 39.8 Å². The lowest BCUT2D eigenvalue weighted by atomic mass is 9.80. The molecule has 1 aliphatic carbocycles. The molecule has 1 aliphatic heterocycles. The lowest BCUT2D eigenvalue weighted by Crippen LogP contribution is -2.54. The number of ether oxygens (including phenoxy) is 3. The van der Waals surface area contributed by atoms with E-state index in [1.54, 1.807) is 31.6 Å². The minimum atomic E-state index is -1.05. The maximum Gasteiger partial charge on any atom is 0.275 e. The van der Waals surface area contributed by atoms with Gasteiger partial charge in [0.05, 0.1) is 38.4 Å². The number of carbonyl (C=O) groups is 2. The number of nitrogens with zero attached hydrogens (tertiary/aromatic N) is 3. The molecule has 1 saturated heterocycles. The van der Waals surface area contributed by atoms with E-state index in [0.29, 0.717) is 67.5 Å². The Bertz CT molecular complexity index is 1420. The molecule has 1 saturated carbocycles. The van der Waals surface area contributed by atoms with Gasteiger partial charge in [-0.1, -0.05) is 43.2 Å². The molecular weight excluding hydrogens is 621 g/mol. The zero-order chi connectivity index (χ0) is 30.4. The molecule has 5 rings (SSSR count). The van der Waals surface area contributed by atoms with Gasteiger partial charge in [0.15, 0.2) is 17.2 Å². The number of primary amides is 1. The highest BCUT2D eigenvalue weighted by molar-refractivity contribution is 5.98. The van der Waals surface area contributed by atoms with Gasteiger partial charge >= 0.3 is 0 Å². The molecule has 246 valence electrons. The van der Waals surface area contributed by atoms with Crippen LogP contribution in [-0.2, 0) is 4.74 Å². The third kappa shape index (κ3) is 7.90. The van der Waals surface area contributed by atoms with Crippen molar-refractivity contribution in [3.63, 3.8) is 0 Å². The molecule has 2 fully saturated rings. The van der Waals surface area contributed by atoms with Gasteiger partial charge in [0.2, 0.25) is 5.91 Å². The Labute approximate surface area is 276 Å². The fraction of sp³-hybridized carbons (Fsp3) is 0.469. The van der Waals surface area contributed by atoms with Crippen LogP contribution in [0, 0.1) is 0 Å². The first-order chi connectivity index (χ1) is 20.9. The first-order valence-corrected chi connectivity index (χ1v) is 14.8. The van der Waals surface area contributed by atoms with Gasteiger partial charge in [-0.3, -0.25) is 9.59 Å². The summed E-state index contributed by atoms with van der Waals surface area (Å²) in [7, 11) is 3.11. The van der Waals surface area contributed by atoms with Crippen LogP contribution in [0.4, 0.5) is 0 Å². The average Bonchev–Trinajstić information content (AvgIpc) is 3.46. The normalized spacial score (nSPS) is 21.3. The molecular formula is C32H43Cl2N5O6. The molecule has 3 atom stereocenters. The Balaban J connectivity index is 0.00000276. The number of nitrogens with one attached hydrogen (secondary N) is 1. The van der Waals surface area contributed by atoms with E-state index in [0.717, 1.165) is 24.8 Å². The van der Waals surface area contributed by atoms with Gasteiger partial charge in [-0.2, -0.15) is 0 Å². The number of hydrogen-bond acceptors (Lipinski definition) is 8. The molecule has 11 nitrogen and oxygen atoms in total. The van der Waals surface area contributed by atoms with Crippen molar-refractivity contribution >= 4 is 36.6 Å². The zero-order valence-corrected chi connectivity index (χ0v) is 27.3. The van der Waals surface area contributed by atoms with Crippen molar-refractivity contribution in [2.75, 3.05) is 47.1 Å². The number of imidazole rings is 1. The quantitative estimate of drug-likeness (QED) is 0.281. The van der Waals surface area contributed by atoms with Crippen molar-refractivity contribution in [3.05, 3.63) is 66.1 Å². The van der Waals surface area contributed by atoms with Gasteiger partial charge in [0.25, 0.3) is 5.91 Å². The van der Waals surface area contributed by atoms with Crippen LogP contribution in [-0.4, -0.2) is 90.1 Å². The van der Waals surface area contributed by atoms with Crippen LogP contribution in [0.25, 0.3) is 11.3 Å². The number of aromatic nitrogens is 2. The van der Waals surface area contributed by atoms with E-state index in [-0.39, 0.29) is 49.4 Å². The maximum atomic E-state index is 14.3. The number of amides is 2. The zero-order valence-electron chi connectivity index (χ0n) is 25.6. The fourth-order valence-corrected chi connectivity index (χ4v) is 6.32. The standard InChI is InChI=1S/C32H41N5O6.2ClH/c1-41-20-32(40)14-7-6-10-27(32)37-21-35-28(29(37)22-8-4-3-5-9-22)31(39)36-16-15-34-19-24(36)13-17-43-25-12-11-23(30(33)38)18-26(25)42-2;;/h3-5,8-9,11-12,18,21,24,27,34,40H,6-7,10,13-17,19-20H2,1-2H3,(H2,33,38);2*1H/t24-,27-,32-;;/m1../s1. The van der Waals surface area contributed by atoms with E-state index in [2.05, 4.69) is 10.3 Å². The second-order valence-corrected chi connectivity index (χ2v) is 11.2. The Kier molecular flexibility index (Phi) is 13.1. The van der Waals surface area contributed by atoms with E-state index in [1.807, 2.05) is 39.8 Å². The lowest BCUT2D eigenvalue weighted by molar-refractivity contribution is -0.0893. The van der Waals surface area contributed by atoms with Crippen LogP contribution in [0.5, 0.6) is 11.5 Å². The second kappa shape index (κ2) is 16.3. The Morgan fingerprint density at radius 2 is 1.89 bits per heavy atom. The number of aliphatic hydroxyl groups is 1. The molecule has 0 unspecified atom stereocenters. The summed E-state index contributed by atoms with van der Waals surface area (Å²) < 4.78 is 18.8. The van der Waals surface area contributed by atoms with Gasteiger partial charge in [-0.05, 0) is 31.0 Å². The Morgan fingerprint density at radius 3 is 2.60 bits per heavy atom. The molecule has 2 heterocycles. The molecule has 3 aromatic rings. The highest BCUT2D eigenvalue weighted by Gasteiger charge is 2.42. The fourth-order valence-electron chi connectivity index (χ4n) is 6.32. The predicted molar refractivity (Wildman–Crippen MR) is 176 cm³/mol. The average molecular weight is 665 g/mol. The number of methoxy groups -OCH3 is 2. The highest BCUT2D eigenvalue weighted by Crippen LogP contribution is 2.41. The molecule has 1 aromatic heterocycles. The van der Waals surface area contributed by atoms with Crippen LogP contribution in [0.3, 0.4) is 0 Å². The second-order valence-electron chi connectivity index (χ2n) is 11.2. The van der Waals surface area contributed by atoms with Crippen molar-refractivity contribution in [1.29, 1.82) is 0 Å². The Hall–Kier alpha value is -3.35.